The fraction of sp³-hybridized carbons (Fsp3) is 0.379. The van der Waals surface area contributed by atoms with Crippen molar-refractivity contribution in [2.45, 2.75) is 71.1 Å². The van der Waals surface area contributed by atoms with Crippen LogP contribution in [0, 0.1) is 18.6 Å². The summed E-state index contributed by atoms with van der Waals surface area (Å²) in [6, 6.07) is 17.9. The number of unbranched alkanes of at least 4 members (excludes halogenated alkanes) is 5. The third-order valence-electron chi connectivity index (χ3n) is 6.09. The smallest absolute Gasteiger partial charge is 0.207 e. The fourth-order valence-corrected chi connectivity index (χ4v) is 4.07. The highest BCUT2D eigenvalue weighted by Gasteiger charge is 2.31. The molecule has 3 rings (SSSR count). The number of rotatable bonds is 11. The van der Waals surface area contributed by atoms with Crippen LogP contribution in [0.5, 0.6) is 0 Å². The first-order valence-electron chi connectivity index (χ1n) is 11.8. The molecule has 0 aromatic heterocycles. The van der Waals surface area contributed by atoms with Crippen molar-refractivity contribution in [1.29, 1.82) is 0 Å². The minimum absolute atomic E-state index is 0.0750. The zero-order chi connectivity index (χ0) is 23.8. The number of alkyl halides is 2. The maximum atomic E-state index is 14.8. The summed E-state index contributed by atoms with van der Waals surface area (Å²) in [7, 11) is 0. The van der Waals surface area contributed by atoms with Crippen LogP contribution in [0.3, 0.4) is 0 Å². The molecule has 0 nitrogen and oxygen atoms in total. The van der Waals surface area contributed by atoms with Crippen molar-refractivity contribution < 1.29 is 17.6 Å². The summed E-state index contributed by atoms with van der Waals surface area (Å²) in [6.07, 6.45) is 4.26. The topological polar surface area (TPSA) is 0 Å². The number of hydrogen-bond acceptors (Lipinski definition) is 0. The highest BCUT2D eigenvalue weighted by molar-refractivity contribution is 5.71. The number of benzene rings is 3. The van der Waals surface area contributed by atoms with E-state index in [1.807, 2.05) is 43.3 Å². The van der Waals surface area contributed by atoms with Crippen molar-refractivity contribution in [2.24, 2.45) is 0 Å². The normalized spacial score (nSPS) is 11.7. The molecule has 176 valence electrons. The van der Waals surface area contributed by atoms with Gasteiger partial charge in [-0.25, -0.2) is 17.6 Å². The molecule has 0 saturated carbocycles. The van der Waals surface area contributed by atoms with Gasteiger partial charge in [0.2, 0.25) is 0 Å². The van der Waals surface area contributed by atoms with Crippen molar-refractivity contribution in [3.63, 3.8) is 0 Å². The van der Waals surface area contributed by atoms with Gasteiger partial charge in [0.25, 0.3) is 5.92 Å². The lowest BCUT2D eigenvalue weighted by atomic mass is 9.96. The molecule has 0 aliphatic rings. The quantitative estimate of drug-likeness (QED) is 0.199. The molecule has 33 heavy (non-hydrogen) atoms. The lowest BCUT2D eigenvalue weighted by Crippen LogP contribution is -2.20. The van der Waals surface area contributed by atoms with Crippen LogP contribution in [-0.2, 0) is 6.42 Å². The third-order valence-corrected chi connectivity index (χ3v) is 6.09. The number of aryl methyl sites for hydroxylation is 1. The summed E-state index contributed by atoms with van der Waals surface area (Å²) < 4.78 is 58.2. The summed E-state index contributed by atoms with van der Waals surface area (Å²) in [5.41, 5.74) is 3.46. The molecular weight excluding hydrogens is 424 g/mol. The van der Waals surface area contributed by atoms with Crippen molar-refractivity contribution in [1.82, 2.24) is 0 Å². The van der Waals surface area contributed by atoms with Crippen LogP contribution in [0.2, 0.25) is 0 Å². The van der Waals surface area contributed by atoms with Gasteiger partial charge in [0, 0.05) is 18.4 Å². The molecule has 3 aromatic carbocycles. The van der Waals surface area contributed by atoms with Crippen LogP contribution >= 0.6 is 0 Å². The van der Waals surface area contributed by atoms with E-state index in [1.54, 1.807) is 12.1 Å². The zero-order valence-corrected chi connectivity index (χ0v) is 19.4. The Kier molecular flexibility index (Phi) is 8.71. The number of halogens is 4. The molecule has 0 aliphatic carbocycles. The Morgan fingerprint density at radius 1 is 0.636 bits per heavy atom. The first-order valence-corrected chi connectivity index (χ1v) is 11.8. The number of hydrogen-bond donors (Lipinski definition) is 0. The van der Waals surface area contributed by atoms with Crippen molar-refractivity contribution in [3.05, 3.63) is 83.4 Å². The molecule has 0 radical (unpaired) electrons. The van der Waals surface area contributed by atoms with Crippen LogP contribution in [-0.4, -0.2) is 5.92 Å². The van der Waals surface area contributed by atoms with Crippen LogP contribution in [0.25, 0.3) is 22.3 Å². The van der Waals surface area contributed by atoms with Gasteiger partial charge in [0.15, 0.2) is 11.6 Å². The molecule has 0 aliphatic heterocycles. The maximum absolute atomic E-state index is 14.8. The Labute approximate surface area is 194 Å². The van der Waals surface area contributed by atoms with Gasteiger partial charge in [0.05, 0.1) is 0 Å². The first-order chi connectivity index (χ1) is 15.8. The van der Waals surface area contributed by atoms with Gasteiger partial charge >= 0.3 is 0 Å². The minimum Gasteiger partial charge on any atom is -0.207 e. The summed E-state index contributed by atoms with van der Waals surface area (Å²) in [6.45, 7) is 4.12. The monoisotopic (exact) mass is 456 g/mol. The van der Waals surface area contributed by atoms with Crippen molar-refractivity contribution in [2.75, 3.05) is 0 Å². The predicted molar refractivity (Wildman–Crippen MR) is 129 cm³/mol. The highest BCUT2D eigenvalue weighted by atomic mass is 19.3. The summed E-state index contributed by atoms with van der Waals surface area (Å²) in [5.74, 6) is -5.31. The maximum Gasteiger partial charge on any atom is 0.252 e. The van der Waals surface area contributed by atoms with Crippen LogP contribution in [0.4, 0.5) is 17.6 Å². The highest BCUT2D eigenvalue weighted by Crippen LogP contribution is 2.32. The van der Waals surface area contributed by atoms with E-state index < -0.39 is 24.0 Å². The van der Waals surface area contributed by atoms with Gasteiger partial charge in [-0.1, -0.05) is 105 Å². The average Bonchev–Trinajstić information content (AvgIpc) is 2.80. The molecule has 0 spiro atoms. The zero-order valence-electron chi connectivity index (χ0n) is 19.4. The second kappa shape index (κ2) is 11.5. The fourth-order valence-electron chi connectivity index (χ4n) is 4.07. The molecule has 0 bridgehead atoms. The Hall–Kier alpha value is -2.62. The standard InChI is InChI=1S/C29H32F4/c1-3-4-5-6-7-8-19-29(32,33)20-25-17-18-26(28(31)27(25)30)24-15-13-23(14-16-24)22-11-9-21(2)10-12-22/h9-18H,3-8,19-20H2,1-2H3. The summed E-state index contributed by atoms with van der Waals surface area (Å²) in [5, 5.41) is 0. The molecule has 0 fully saturated rings. The van der Waals surface area contributed by atoms with E-state index in [2.05, 4.69) is 6.92 Å². The lowest BCUT2D eigenvalue weighted by Gasteiger charge is -2.17. The SMILES string of the molecule is CCCCCCCCC(F)(F)Cc1ccc(-c2ccc(-c3ccc(C)cc3)cc2)c(F)c1F. The molecule has 0 N–H and O–H groups in total. The predicted octanol–water partition coefficient (Wildman–Crippen LogP) is 9.54. The second-order valence-corrected chi connectivity index (χ2v) is 8.89. The van der Waals surface area contributed by atoms with Crippen LogP contribution in [0.1, 0.15) is 63.0 Å². The van der Waals surface area contributed by atoms with E-state index in [0.717, 1.165) is 48.8 Å². The van der Waals surface area contributed by atoms with E-state index in [-0.39, 0.29) is 17.5 Å². The average molecular weight is 457 g/mol. The Morgan fingerprint density at radius 3 is 1.82 bits per heavy atom. The summed E-state index contributed by atoms with van der Waals surface area (Å²) in [4.78, 5) is 0. The molecule has 0 heterocycles. The van der Waals surface area contributed by atoms with E-state index in [0.29, 0.717) is 12.0 Å². The van der Waals surface area contributed by atoms with Gasteiger partial charge in [-0.3, -0.25) is 0 Å². The van der Waals surface area contributed by atoms with E-state index in [1.165, 1.54) is 12.1 Å². The van der Waals surface area contributed by atoms with Gasteiger partial charge < -0.3 is 0 Å². The third kappa shape index (κ3) is 6.93. The molecule has 0 amide bonds. The van der Waals surface area contributed by atoms with E-state index in [9.17, 15) is 17.6 Å². The van der Waals surface area contributed by atoms with Gasteiger partial charge in [0.1, 0.15) is 0 Å². The Balaban J connectivity index is 1.67. The van der Waals surface area contributed by atoms with Gasteiger partial charge in [-0.05, 0) is 35.6 Å². The molecule has 3 aromatic rings. The van der Waals surface area contributed by atoms with Crippen molar-refractivity contribution >= 4 is 0 Å². The molecule has 0 saturated heterocycles. The van der Waals surface area contributed by atoms with Gasteiger partial charge in [-0.2, -0.15) is 0 Å². The molecule has 0 unspecified atom stereocenters. The lowest BCUT2D eigenvalue weighted by molar-refractivity contribution is -0.0103. The molecular formula is C29H32F4. The van der Waals surface area contributed by atoms with Gasteiger partial charge in [-0.15, -0.1) is 0 Å². The molecule has 0 atom stereocenters. The summed E-state index contributed by atoms with van der Waals surface area (Å²) >= 11 is 0. The second-order valence-electron chi connectivity index (χ2n) is 8.89. The van der Waals surface area contributed by atoms with Crippen LogP contribution < -0.4 is 0 Å². The Morgan fingerprint density at radius 2 is 1.18 bits per heavy atom. The van der Waals surface area contributed by atoms with Crippen LogP contribution in [0.15, 0.2) is 60.7 Å². The minimum atomic E-state index is -3.05. The van der Waals surface area contributed by atoms with E-state index >= 15 is 0 Å². The van der Waals surface area contributed by atoms with E-state index in [4.69, 9.17) is 0 Å². The first kappa shape index (κ1) is 25.0. The van der Waals surface area contributed by atoms with Crippen molar-refractivity contribution in [3.8, 4) is 22.3 Å². The largest absolute Gasteiger partial charge is 0.252 e. The Bertz CT molecular complexity index is 1020. The molecule has 4 heteroatoms.